The van der Waals surface area contributed by atoms with Gasteiger partial charge in [0.2, 0.25) is 0 Å². The molecule has 4 rings (SSSR count). The summed E-state index contributed by atoms with van der Waals surface area (Å²) in [5, 5.41) is 13.1. The second-order valence-corrected chi connectivity index (χ2v) is 7.07. The summed E-state index contributed by atoms with van der Waals surface area (Å²) in [4.78, 5) is 11.8. The molecule has 4 N–H and O–H groups in total. The molecular formula is C20H16Cl2N4O. The minimum Gasteiger partial charge on any atom is -0.379 e. The fraction of sp³-hybridized carbons (Fsp3) is 0.100. The highest BCUT2D eigenvalue weighted by molar-refractivity contribution is 6.36. The van der Waals surface area contributed by atoms with Gasteiger partial charge >= 0.3 is 0 Å². The van der Waals surface area contributed by atoms with E-state index in [2.05, 4.69) is 15.0 Å². The number of nitrogens with zero attached hydrogens (tertiary/aromatic N) is 2. The van der Waals surface area contributed by atoms with E-state index < -0.39 is 5.60 Å². The molecule has 5 nitrogen and oxygen atoms in total. The normalized spacial score (nSPS) is 13.6. The number of pyridine rings is 2. The number of hydrogen-bond acceptors (Lipinski definition) is 4. The predicted octanol–water partition coefficient (Wildman–Crippen LogP) is 4.13. The van der Waals surface area contributed by atoms with Crippen LogP contribution in [0.4, 0.5) is 0 Å². The van der Waals surface area contributed by atoms with E-state index in [0.29, 0.717) is 26.8 Å². The summed E-state index contributed by atoms with van der Waals surface area (Å²) in [5.74, 6) is 0. The van der Waals surface area contributed by atoms with E-state index in [1.54, 1.807) is 42.9 Å². The fourth-order valence-electron chi connectivity index (χ4n) is 3.16. The van der Waals surface area contributed by atoms with Gasteiger partial charge in [0.25, 0.3) is 0 Å². The standard InChI is InChI=1S/C20H16Cl2N4O/c21-14-4-1-12(2-5-14)20(27,11-23)13-3-6-17(25-9-13)15-7-8-24-19-18(15)16(22)10-26-19/h1-10,27H,11,23H2,(H,24,26). The van der Waals surface area contributed by atoms with Gasteiger partial charge in [-0.15, -0.1) is 0 Å². The number of halogens is 2. The van der Waals surface area contributed by atoms with Gasteiger partial charge in [-0.05, 0) is 29.8 Å². The minimum atomic E-state index is -1.35. The number of aromatic nitrogens is 3. The maximum absolute atomic E-state index is 11.2. The zero-order valence-corrected chi connectivity index (χ0v) is 15.7. The van der Waals surface area contributed by atoms with Gasteiger partial charge in [0.15, 0.2) is 0 Å². The SMILES string of the molecule is NCC(O)(c1ccc(Cl)cc1)c1ccc(-c2ccnc3[nH]cc(Cl)c23)nc1. The van der Waals surface area contributed by atoms with Gasteiger partial charge in [-0.3, -0.25) is 4.98 Å². The van der Waals surface area contributed by atoms with Crippen molar-refractivity contribution in [2.24, 2.45) is 5.73 Å². The summed E-state index contributed by atoms with van der Waals surface area (Å²) in [6.45, 7) is 0.0127. The Hall–Kier alpha value is -2.44. The van der Waals surface area contributed by atoms with Crippen molar-refractivity contribution < 1.29 is 5.11 Å². The number of aromatic amines is 1. The van der Waals surface area contributed by atoms with Crippen LogP contribution in [0.2, 0.25) is 10.0 Å². The quantitative estimate of drug-likeness (QED) is 0.482. The van der Waals surface area contributed by atoms with E-state index in [0.717, 1.165) is 16.6 Å². The van der Waals surface area contributed by atoms with Gasteiger partial charge < -0.3 is 15.8 Å². The maximum atomic E-state index is 11.2. The smallest absolute Gasteiger partial charge is 0.139 e. The molecule has 0 spiro atoms. The van der Waals surface area contributed by atoms with Crippen molar-refractivity contribution >= 4 is 34.2 Å². The summed E-state index contributed by atoms with van der Waals surface area (Å²) in [6.07, 6.45) is 5.03. The van der Waals surface area contributed by atoms with Gasteiger partial charge in [0.1, 0.15) is 11.2 Å². The molecule has 0 aliphatic carbocycles. The van der Waals surface area contributed by atoms with E-state index in [1.807, 2.05) is 18.2 Å². The highest BCUT2D eigenvalue weighted by Gasteiger charge is 2.30. The highest BCUT2D eigenvalue weighted by atomic mass is 35.5. The van der Waals surface area contributed by atoms with E-state index in [9.17, 15) is 5.11 Å². The van der Waals surface area contributed by atoms with Gasteiger partial charge in [0.05, 0.1) is 10.7 Å². The summed E-state index contributed by atoms with van der Waals surface area (Å²) in [7, 11) is 0. The second-order valence-electron chi connectivity index (χ2n) is 6.22. The van der Waals surface area contributed by atoms with Crippen molar-refractivity contribution in [1.29, 1.82) is 0 Å². The van der Waals surface area contributed by atoms with Crippen LogP contribution < -0.4 is 5.73 Å². The monoisotopic (exact) mass is 398 g/mol. The average Bonchev–Trinajstić information content (AvgIpc) is 3.09. The third-order valence-corrected chi connectivity index (χ3v) is 5.21. The lowest BCUT2D eigenvalue weighted by Crippen LogP contribution is -2.36. The molecule has 0 radical (unpaired) electrons. The molecule has 0 bridgehead atoms. The second kappa shape index (κ2) is 6.94. The lowest BCUT2D eigenvalue weighted by Gasteiger charge is -2.27. The first kappa shape index (κ1) is 17.9. The van der Waals surface area contributed by atoms with E-state index in [4.69, 9.17) is 28.9 Å². The van der Waals surface area contributed by atoms with Crippen LogP contribution in [0.3, 0.4) is 0 Å². The van der Waals surface area contributed by atoms with Crippen LogP contribution in [-0.2, 0) is 5.60 Å². The summed E-state index contributed by atoms with van der Waals surface area (Å²) in [6, 6.07) is 12.5. The highest BCUT2D eigenvalue weighted by Crippen LogP contribution is 2.33. The molecule has 1 atom stereocenters. The Labute approximate surface area is 165 Å². The first-order valence-electron chi connectivity index (χ1n) is 8.30. The Morgan fingerprint density at radius 2 is 1.74 bits per heavy atom. The lowest BCUT2D eigenvalue weighted by atomic mass is 9.87. The van der Waals surface area contributed by atoms with Crippen molar-refractivity contribution in [2.75, 3.05) is 6.54 Å². The maximum Gasteiger partial charge on any atom is 0.139 e. The Kier molecular flexibility index (Phi) is 4.61. The largest absolute Gasteiger partial charge is 0.379 e. The Morgan fingerprint density at radius 3 is 2.41 bits per heavy atom. The van der Waals surface area contributed by atoms with Crippen molar-refractivity contribution in [3.8, 4) is 11.3 Å². The van der Waals surface area contributed by atoms with Crippen molar-refractivity contribution in [3.63, 3.8) is 0 Å². The lowest BCUT2D eigenvalue weighted by molar-refractivity contribution is 0.0899. The molecule has 0 aliphatic heterocycles. The number of aliphatic hydroxyl groups is 1. The van der Waals surface area contributed by atoms with Crippen LogP contribution in [0.15, 0.2) is 61.1 Å². The Morgan fingerprint density at radius 1 is 1.00 bits per heavy atom. The molecule has 3 heterocycles. The number of nitrogens with two attached hydrogens (primary N) is 1. The van der Waals surface area contributed by atoms with Crippen LogP contribution in [0.5, 0.6) is 0 Å². The van der Waals surface area contributed by atoms with Crippen LogP contribution in [0.25, 0.3) is 22.3 Å². The zero-order chi connectivity index (χ0) is 19.0. The topological polar surface area (TPSA) is 87.8 Å². The molecule has 4 aromatic rings. The fourth-order valence-corrected chi connectivity index (χ4v) is 3.53. The molecule has 1 unspecified atom stereocenters. The van der Waals surface area contributed by atoms with Crippen LogP contribution in [0, 0.1) is 0 Å². The number of fused-ring (bicyclic) bond motifs is 1. The van der Waals surface area contributed by atoms with Gasteiger partial charge in [0, 0.05) is 46.7 Å². The number of hydrogen-bond donors (Lipinski definition) is 3. The zero-order valence-electron chi connectivity index (χ0n) is 14.2. The number of nitrogens with one attached hydrogen (secondary N) is 1. The van der Waals surface area contributed by atoms with E-state index in [1.165, 1.54) is 0 Å². The molecule has 1 aromatic carbocycles. The molecule has 27 heavy (non-hydrogen) atoms. The molecule has 0 saturated carbocycles. The third kappa shape index (κ3) is 3.09. The molecule has 0 amide bonds. The van der Waals surface area contributed by atoms with Crippen molar-refractivity contribution in [2.45, 2.75) is 5.60 Å². The molecule has 136 valence electrons. The van der Waals surface area contributed by atoms with Gasteiger partial charge in [-0.2, -0.15) is 0 Å². The van der Waals surface area contributed by atoms with Crippen LogP contribution >= 0.6 is 23.2 Å². The summed E-state index contributed by atoms with van der Waals surface area (Å²) >= 11 is 12.2. The van der Waals surface area contributed by atoms with Crippen molar-refractivity contribution in [3.05, 3.63) is 82.2 Å². The Balaban J connectivity index is 1.77. The molecule has 0 aliphatic rings. The molecule has 3 aromatic heterocycles. The molecule has 0 fully saturated rings. The first-order valence-corrected chi connectivity index (χ1v) is 9.05. The average molecular weight is 399 g/mol. The van der Waals surface area contributed by atoms with E-state index >= 15 is 0 Å². The minimum absolute atomic E-state index is 0.0127. The molecule has 7 heteroatoms. The number of rotatable bonds is 4. The summed E-state index contributed by atoms with van der Waals surface area (Å²) in [5.41, 5.74) is 8.09. The first-order chi connectivity index (χ1) is 13.0. The van der Waals surface area contributed by atoms with Crippen LogP contribution in [-0.4, -0.2) is 26.6 Å². The third-order valence-electron chi connectivity index (χ3n) is 4.66. The number of benzene rings is 1. The molecular weight excluding hydrogens is 383 g/mol. The Bertz CT molecular complexity index is 1090. The molecule has 0 saturated heterocycles. The van der Waals surface area contributed by atoms with E-state index in [-0.39, 0.29) is 6.54 Å². The number of H-pyrrole nitrogens is 1. The van der Waals surface area contributed by atoms with Crippen molar-refractivity contribution in [1.82, 2.24) is 15.0 Å². The van der Waals surface area contributed by atoms with Crippen LogP contribution in [0.1, 0.15) is 11.1 Å². The summed E-state index contributed by atoms with van der Waals surface area (Å²) < 4.78 is 0. The van der Waals surface area contributed by atoms with Gasteiger partial charge in [-0.1, -0.05) is 41.4 Å². The van der Waals surface area contributed by atoms with Gasteiger partial charge in [-0.25, -0.2) is 4.98 Å². The predicted molar refractivity (Wildman–Crippen MR) is 108 cm³/mol.